The van der Waals surface area contributed by atoms with E-state index in [9.17, 15) is 5.11 Å². The molecule has 0 aliphatic carbocycles. The van der Waals surface area contributed by atoms with Crippen LogP contribution in [0.25, 0.3) is 6.08 Å². The molecular formula is C17H14O. The van der Waals surface area contributed by atoms with Crippen LogP contribution in [-0.2, 0) is 0 Å². The minimum atomic E-state index is -0.745. The third-order valence-corrected chi connectivity index (χ3v) is 2.41. The van der Waals surface area contributed by atoms with Gasteiger partial charge in [0.05, 0.1) is 0 Å². The Balaban J connectivity index is 2.00. The Morgan fingerprint density at radius 1 is 0.889 bits per heavy atom. The van der Waals surface area contributed by atoms with E-state index in [1.807, 2.05) is 66.7 Å². The van der Waals surface area contributed by atoms with Crippen LogP contribution in [-0.4, -0.2) is 11.2 Å². The van der Waals surface area contributed by atoms with E-state index in [1.165, 1.54) is 0 Å². The lowest BCUT2D eigenvalue weighted by Gasteiger charge is -1.95. The Bertz CT molecular complexity index is 559. The number of hydrogen-bond acceptors (Lipinski definition) is 1. The zero-order valence-electron chi connectivity index (χ0n) is 9.95. The molecule has 1 unspecified atom stereocenters. The number of benzene rings is 2. The second-order valence-electron chi connectivity index (χ2n) is 3.85. The topological polar surface area (TPSA) is 20.2 Å². The van der Waals surface area contributed by atoms with Crippen LogP contribution in [0.1, 0.15) is 11.1 Å². The largest absolute Gasteiger partial charge is 0.377 e. The molecule has 1 nitrogen and oxygen atoms in total. The summed E-state index contributed by atoms with van der Waals surface area (Å²) in [5, 5.41) is 9.71. The predicted molar refractivity (Wildman–Crippen MR) is 74.8 cm³/mol. The molecule has 1 atom stereocenters. The van der Waals surface area contributed by atoms with Gasteiger partial charge in [-0.15, -0.1) is 0 Å². The third kappa shape index (κ3) is 3.93. The maximum Gasteiger partial charge on any atom is 0.134 e. The molecule has 2 aromatic carbocycles. The van der Waals surface area contributed by atoms with E-state index in [1.54, 1.807) is 6.08 Å². The van der Waals surface area contributed by atoms with Gasteiger partial charge in [-0.25, -0.2) is 0 Å². The summed E-state index contributed by atoms with van der Waals surface area (Å²) in [7, 11) is 0. The number of hydrogen-bond donors (Lipinski definition) is 1. The summed E-state index contributed by atoms with van der Waals surface area (Å²) in [6, 6.07) is 19.5. The van der Waals surface area contributed by atoms with Crippen LogP contribution in [0.15, 0.2) is 66.7 Å². The number of rotatable bonds is 2. The minimum Gasteiger partial charge on any atom is -0.377 e. The third-order valence-electron chi connectivity index (χ3n) is 2.41. The van der Waals surface area contributed by atoms with Gasteiger partial charge in [-0.1, -0.05) is 66.4 Å². The Morgan fingerprint density at radius 3 is 2.17 bits per heavy atom. The van der Waals surface area contributed by atoms with Crippen molar-refractivity contribution < 1.29 is 5.11 Å². The Hall–Kier alpha value is -2.30. The van der Waals surface area contributed by atoms with Crippen LogP contribution >= 0.6 is 0 Å². The molecule has 88 valence electrons. The molecule has 1 heteroatoms. The average molecular weight is 234 g/mol. The van der Waals surface area contributed by atoms with Crippen molar-refractivity contribution in [2.75, 3.05) is 0 Å². The van der Waals surface area contributed by atoms with E-state index < -0.39 is 6.10 Å². The van der Waals surface area contributed by atoms with Gasteiger partial charge in [0.2, 0.25) is 0 Å². The van der Waals surface area contributed by atoms with Gasteiger partial charge in [0, 0.05) is 5.56 Å². The van der Waals surface area contributed by atoms with Crippen molar-refractivity contribution in [1.82, 2.24) is 0 Å². The molecule has 0 aliphatic heterocycles. The molecular weight excluding hydrogens is 220 g/mol. The van der Waals surface area contributed by atoms with E-state index in [4.69, 9.17) is 0 Å². The van der Waals surface area contributed by atoms with Gasteiger partial charge in [-0.2, -0.15) is 0 Å². The van der Waals surface area contributed by atoms with Crippen molar-refractivity contribution in [3.8, 4) is 11.8 Å². The smallest absolute Gasteiger partial charge is 0.134 e. The highest BCUT2D eigenvalue weighted by molar-refractivity contribution is 5.50. The lowest BCUT2D eigenvalue weighted by Crippen LogP contribution is -1.96. The van der Waals surface area contributed by atoms with Crippen molar-refractivity contribution in [3.05, 3.63) is 77.9 Å². The van der Waals surface area contributed by atoms with Crippen molar-refractivity contribution in [3.63, 3.8) is 0 Å². The van der Waals surface area contributed by atoms with Gasteiger partial charge >= 0.3 is 0 Å². The fourth-order valence-corrected chi connectivity index (χ4v) is 1.49. The summed E-state index contributed by atoms with van der Waals surface area (Å²) in [6.07, 6.45) is 2.81. The fraction of sp³-hybridized carbons (Fsp3) is 0.0588. The number of aliphatic hydroxyl groups is 1. The number of aliphatic hydroxyl groups excluding tert-OH is 1. The first-order chi connectivity index (χ1) is 8.84. The lowest BCUT2D eigenvalue weighted by molar-refractivity contribution is 0.281. The van der Waals surface area contributed by atoms with Crippen molar-refractivity contribution in [1.29, 1.82) is 0 Å². The summed E-state index contributed by atoms with van der Waals surface area (Å²) >= 11 is 0. The summed E-state index contributed by atoms with van der Waals surface area (Å²) in [5.74, 6) is 5.72. The molecule has 1 N–H and O–H groups in total. The van der Waals surface area contributed by atoms with Crippen LogP contribution in [0.4, 0.5) is 0 Å². The second-order valence-corrected chi connectivity index (χ2v) is 3.85. The Morgan fingerprint density at radius 2 is 1.50 bits per heavy atom. The highest BCUT2D eigenvalue weighted by Crippen LogP contribution is 2.02. The SMILES string of the molecule is OC(C#Cc1ccccc1)/C=C/c1ccccc1. The van der Waals surface area contributed by atoms with Crippen LogP contribution in [0, 0.1) is 11.8 Å². The molecule has 0 bridgehead atoms. The van der Waals surface area contributed by atoms with E-state index in [0.717, 1.165) is 11.1 Å². The highest BCUT2D eigenvalue weighted by Gasteiger charge is 1.91. The average Bonchev–Trinajstić information content (AvgIpc) is 2.45. The first-order valence-electron chi connectivity index (χ1n) is 5.82. The van der Waals surface area contributed by atoms with Gasteiger partial charge in [-0.3, -0.25) is 0 Å². The highest BCUT2D eigenvalue weighted by atomic mass is 16.3. The van der Waals surface area contributed by atoms with E-state index >= 15 is 0 Å². The molecule has 0 spiro atoms. The van der Waals surface area contributed by atoms with Crippen LogP contribution in [0.3, 0.4) is 0 Å². The lowest BCUT2D eigenvalue weighted by atomic mass is 10.2. The Labute approximate surface area is 107 Å². The molecule has 0 heterocycles. The van der Waals surface area contributed by atoms with E-state index in [-0.39, 0.29) is 0 Å². The van der Waals surface area contributed by atoms with Gasteiger partial charge in [-0.05, 0) is 23.8 Å². The molecule has 0 saturated heterocycles. The molecule has 2 aromatic rings. The molecule has 0 amide bonds. The van der Waals surface area contributed by atoms with Crippen molar-refractivity contribution >= 4 is 6.08 Å². The van der Waals surface area contributed by atoms with Crippen LogP contribution in [0.5, 0.6) is 0 Å². The standard InChI is InChI=1S/C17H14O/c18-17(13-11-15-7-3-1-4-8-15)14-12-16-9-5-2-6-10-16/h1-11,13,17-18H/b13-11+. The monoisotopic (exact) mass is 234 g/mol. The first-order valence-corrected chi connectivity index (χ1v) is 5.82. The second kappa shape index (κ2) is 6.44. The molecule has 0 aliphatic rings. The zero-order chi connectivity index (χ0) is 12.6. The van der Waals surface area contributed by atoms with Gasteiger partial charge in [0.15, 0.2) is 0 Å². The summed E-state index contributed by atoms with van der Waals surface area (Å²) in [6.45, 7) is 0. The minimum absolute atomic E-state index is 0.745. The van der Waals surface area contributed by atoms with Gasteiger partial charge in [0.25, 0.3) is 0 Å². The maximum absolute atomic E-state index is 9.71. The van der Waals surface area contributed by atoms with Crippen molar-refractivity contribution in [2.45, 2.75) is 6.10 Å². The quantitative estimate of drug-likeness (QED) is 0.792. The predicted octanol–water partition coefficient (Wildman–Crippen LogP) is 3.11. The molecule has 0 fully saturated rings. The van der Waals surface area contributed by atoms with Crippen LogP contribution < -0.4 is 0 Å². The molecule has 18 heavy (non-hydrogen) atoms. The first kappa shape index (κ1) is 12.2. The normalized spacial score (nSPS) is 11.8. The molecule has 0 radical (unpaired) electrons. The summed E-state index contributed by atoms with van der Waals surface area (Å²) in [4.78, 5) is 0. The van der Waals surface area contributed by atoms with E-state index in [2.05, 4.69) is 11.8 Å². The zero-order valence-corrected chi connectivity index (χ0v) is 9.95. The van der Waals surface area contributed by atoms with Crippen molar-refractivity contribution in [2.24, 2.45) is 0 Å². The molecule has 0 saturated carbocycles. The molecule has 2 rings (SSSR count). The van der Waals surface area contributed by atoms with E-state index in [0.29, 0.717) is 0 Å². The maximum atomic E-state index is 9.71. The van der Waals surface area contributed by atoms with Crippen LogP contribution in [0.2, 0.25) is 0 Å². The Kier molecular flexibility index (Phi) is 4.35. The summed E-state index contributed by atoms with van der Waals surface area (Å²) < 4.78 is 0. The van der Waals surface area contributed by atoms with Gasteiger partial charge < -0.3 is 5.11 Å². The molecule has 0 aromatic heterocycles. The fourth-order valence-electron chi connectivity index (χ4n) is 1.49. The summed E-state index contributed by atoms with van der Waals surface area (Å²) in [5.41, 5.74) is 1.96. The van der Waals surface area contributed by atoms with Gasteiger partial charge in [0.1, 0.15) is 6.10 Å².